The highest BCUT2D eigenvalue weighted by atomic mass is 35.5. The Hall–Kier alpha value is -4.16. The predicted molar refractivity (Wildman–Crippen MR) is 145 cm³/mol. The van der Waals surface area contributed by atoms with Crippen LogP contribution in [0.2, 0.25) is 5.15 Å². The Labute approximate surface area is 243 Å². The number of pyridine rings is 1. The molecule has 42 heavy (non-hydrogen) atoms. The number of aromatic nitrogens is 6. The Morgan fingerprint density at radius 2 is 1.86 bits per heavy atom. The fourth-order valence-corrected chi connectivity index (χ4v) is 4.51. The van der Waals surface area contributed by atoms with Crippen molar-refractivity contribution in [2.75, 3.05) is 36.1 Å². The number of thiocarbonyl (C=S) groups is 1. The quantitative estimate of drug-likeness (QED) is 0.200. The van der Waals surface area contributed by atoms with Crippen LogP contribution in [0.15, 0.2) is 36.9 Å². The molecule has 1 atom stereocenters. The summed E-state index contributed by atoms with van der Waals surface area (Å²) in [5.74, 6) is -3.44. The molecule has 4 aromatic heterocycles. The summed E-state index contributed by atoms with van der Waals surface area (Å²) in [6.07, 6.45) is -0.771. The third-order valence-corrected chi connectivity index (χ3v) is 6.63. The lowest BCUT2D eigenvalue weighted by molar-refractivity contribution is -0.137. The lowest BCUT2D eigenvalue weighted by Crippen LogP contribution is -2.59. The molecular weight excluding hydrogens is 611 g/mol. The number of halogens is 6. The molecule has 5 heterocycles. The van der Waals surface area contributed by atoms with E-state index in [4.69, 9.17) is 28.6 Å². The number of nitrogens with one attached hydrogen (secondary N) is 3. The molecule has 0 saturated carbocycles. The summed E-state index contributed by atoms with van der Waals surface area (Å²) in [6, 6.07) is 1.30. The highest BCUT2D eigenvalue weighted by Crippen LogP contribution is 2.35. The van der Waals surface area contributed by atoms with E-state index >= 15 is 0 Å². The van der Waals surface area contributed by atoms with Crippen LogP contribution in [-0.4, -0.2) is 71.5 Å². The zero-order chi connectivity index (χ0) is 30.4. The van der Waals surface area contributed by atoms with Crippen molar-refractivity contribution in [2.45, 2.75) is 25.1 Å². The number of carbonyl (C=O) groups is 1. The van der Waals surface area contributed by atoms with E-state index < -0.39 is 48.7 Å². The maximum absolute atomic E-state index is 14.0. The smallest absolute Gasteiger partial charge is 0.375 e. The van der Waals surface area contributed by atoms with Gasteiger partial charge in [-0.25, -0.2) is 32.7 Å². The van der Waals surface area contributed by atoms with Gasteiger partial charge in [0, 0.05) is 13.2 Å². The van der Waals surface area contributed by atoms with Crippen molar-refractivity contribution < 1.29 is 31.5 Å². The van der Waals surface area contributed by atoms with Gasteiger partial charge in [0.1, 0.15) is 5.56 Å². The summed E-state index contributed by atoms with van der Waals surface area (Å²) >= 11 is 11.0. The highest BCUT2D eigenvalue weighted by Gasteiger charge is 2.45. The van der Waals surface area contributed by atoms with Gasteiger partial charge in [0.2, 0.25) is 0 Å². The number of alkyl halides is 5. The number of carbonyl (C=O) groups excluding carboxylic acids is 1. The van der Waals surface area contributed by atoms with Crippen molar-refractivity contribution in [3.63, 3.8) is 0 Å². The number of methoxy groups -OCH3 is 1. The minimum absolute atomic E-state index is 0.0249. The number of anilines is 3. The van der Waals surface area contributed by atoms with Crippen LogP contribution in [0.4, 0.5) is 43.8 Å². The highest BCUT2D eigenvalue weighted by molar-refractivity contribution is 7.80. The summed E-state index contributed by atoms with van der Waals surface area (Å²) < 4.78 is 75.8. The average molecular weight is 631 g/mol. The van der Waals surface area contributed by atoms with Gasteiger partial charge in [0.25, 0.3) is 5.92 Å². The van der Waals surface area contributed by atoms with E-state index in [1.54, 1.807) is 6.92 Å². The topological polar surface area (TPSA) is 127 Å². The van der Waals surface area contributed by atoms with Gasteiger partial charge in [-0.05, 0) is 25.2 Å². The number of ether oxygens (including phenoxy) is 1. The maximum atomic E-state index is 14.0. The Bertz CT molecular complexity index is 1670. The van der Waals surface area contributed by atoms with Crippen LogP contribution in [0.25, 0.3) is 11.5 Å². The summed E-state index contributed by atoms with van der Waals surface area (Å²) in [7, 11) is 1.44. The van der Waals surface area contributed by atoms with E-state index in [-0.39, 0.29) is 27.3 Å². The Balaban J connectivity index is 1.35. The second kappa shape index (κ2) is 10.9. The Morgan fingerprint density at radius 3 is 2.52 bits per heavy atom. The SMILES string of the molecule is CO[C@@H](C)c1c(NC(=O)Nc2cnc(-n3cc(NC(=S)N4CC(F)(F)C4)cn3)c(C(F)(F)F)c2)cnc2cc(Cl)nn12. The molecule has 0 aromatic carbocycles. The van der Waals surface area contributed by atoms with E-state index in [2.05, 4.69) is 36.1 Å². The summed E-state index contributed by atoms with van der Waals surface area (Å²) in [4.78, 5) is 22.0. The molecule has 3 N–H and O–H groups in total. The van der Waals surface area contributed by atoms with Crippen molar-refractivity contribution in [1.82, 2.24) is 34.3 Å². The number of rotatable bonds is 6. The monoisotopic (exact) mass is 630 g/mol. The van der Waals surface area contributed by atoms with Gasteiger partial charge >= 0.3 is 12.2 Å². The van der Waals surface area contributed by atoms with Gasteiger partial charge in [-0.2, -0.15) is 23.4 Å². The van der Waals surface area contributed by atoms with E-state index in [1.807, 2.05) is 0 Å². The molecule has 1 fully saturated rings. The van der Waals surface area contributed by atoms with E-state index in [9.17, 15) is 26.7 Å². The fourth-order valence-electron chi connectivity index (χ4n) is 4.09. The molecule has 0 unspecified atom stereocenters. The number of fused-ring (bicyclic) bond motifs is 1. The molecule has 5 rings (SSSR count). The summed E-state index contributed by atoms with van der Waals surface area (Å²) in [5.41, 5.74) is -0.364. The average Bonchev–Trinajstić information content (AvgIpc) is 3.51. The fraction of sp³-hybridized carbons (Fsp3) is 0.304. The molecule has 1 aliphatic heterocycles. The number of likely N-dealkylation sites (tertiary alicyclic amines) is 1. The second-order valence-electron chi connectivity index (χ2n) is 9.16. The van der Waals surface area contributed by atoms with Crippen LogP contribution in [-0.2, 0) is 10.9 Å². The van der Waals surface area contributed by atoms with Crippen LogP contribution in [0.1, 0.15) is 24.3 Å². The standard InChI is InChI=1S/C23H20ClF5N10O2S/c1-11(41-2)18-15(7-30-17-4-16(24)36-39(17)18)35-20(40)33-12-3-14(23(27,28)29)19(31-5-12)38-8-13(6-32-38)34-21(42)37-9-22(25,26)10-37/h3-8,11H,9-10H2,1-2H3,(H,34,42)(H2,33,35,40)/t11-/m0/s1. The molecule has 0 bridgehead atoms. The van der Waals surface area contributed by atoms with Crippen molar-refractivity contribution >= 4 is 57.7 Å². The largest absolute Gasteiger partial charge is 0.420 e. The van der Waals surface area contributed by atoms with Crippen molar-refractivity contribution in [3.8, 4) is 5.82 Å². The summed E-state index contributed by atoms with van der Waals surface area (Å²) in [5, 5.41) is 15.7. The molecule has 19 heteroatoms. The van der Waals surface area contributed by atoms with Crippen LogP contribution in [0, 0.1) is 0 Å². The van der Waals surface area contributed by atoms with Crippen molar-refractivity contribution in [2.24, 2.45) is 0 Å². The van der Waals surface area contributed by atoms with Gasteiger partial charge in [-0.15, -0.1) is 0 Å². The predicted octanol–water partition coefficient (Wildman–Crippen LogP) is 4.98. The molecule has 0 spiro atoms. The second-order valence-corrected chi connectivity index (χ2v) is 9.93. The first-order valence-corrected chi connectivity index (χ1v) is 12.7. The molecule has 1 saturated heterocycles. The molecule has 2 amide bonds. The Morgan fingerprint density at radius 1 is 1.12 bits per heavy atom. The van der Waals surface area contributed by atoms with Crippen LogP contribution >= 0.6 is 23.8 Å². The van der Waals surface area contributed by atoms with Gasteiger partial charge in [0.05, 0.1) is 66.7 Å². The molecule has 0 radical (unpaired) electrons. The zero-order valence-electron chi connectivity index (χ0n) is 21.6. The number of hydrogen-bond acceptors (Lipinski definition) is 7. The van der Waals surface area contributed by atoms with Crippen LogP contribution in [0.3, 0.4) is 0 Å². The molecule has 12 nitrogen and oxygen atoms in total. The third-order valence-electron chi connectivity index (χ3n) is 6.09. The first-order valence-electron chi connectivity index (χ1n) is 11.9. The minimum atomic E-state index is -4.88. The third kappa shape index (κ3) is 6.04. The number of urea groups is 1. The zero-order valence-corrected chi connectivity index (χ0v) is 23.2. The van der Waals surface area contributed by atoms with Crippen molar-refractivity contribution in [3.05, 3.63) is 53.3 Å². The molecule has 0 aliphatic carbocycles. The Kier molecular flexibility index (Phi) is 7.62. The first-order chi connectivity index (χ1) is 19.7. The van der Waals surface area contributed by atoms with Crippen LogP contribution in [0.5, 0.6) is 0 Å². The number of amides is 2. The van der Waals surface area contributed by atoms with Crippen molar-refractivity contribution in [1.29, 1.82) is 0 Å². The van der Waals surface area contributed by atoms with Gasteiger partial charge < -0.3 is 25.6 Å². The van der Waals surface area contributed by atoms with E-state index in [1.165, 1.54) is 41.2 Å². The van der Waals surface area contributed by atoms with Crippen LogP contribution < -0.4 is 16.0 Å². The number of hydrogen-bond donors (Lipinski definition) is 3. The van der Waals surface area contributed by atoms with Gasteiger partial charge in [0.15, 0.2) is 21.7 Å². The normalized spacial score (nSPS) is 15.3. The summed E-state index contributed by atoms with van der Waals surface area (Å²) in [6.45, 7) is 0.563. The molecule has 1 aliphatic rings. The molecule has 4 aromatic rings. The number of nitrogens with zero attached hydrogens (tertiary/aromatic N) is 7. The molecular formula is C23H20ClF5N10O2S. The first kappa shape index (κ1) is 29.3. The lowest BCUT2D eigenvalue weighted by Gasteiger charge is -2.40. The van der Waals surface area contributed by atoms with Gasteiger partial charge in [-0.1, -0.05) is 11.6 Å². The van der Waals surface area contributed by atoms with Gasteiger partial charge in [-0.3, -0.25) is 0 Å². The van der Waals surface area contributed by atoms with E-state index in [0.29, 0.717) is 17.4 Å². The minimum Gasteiger partial charge on any atom is -0.375 e. The molecule has 222 valence electrons. The van der Waals surface area contributed by atoms with E-state index in [0.717, 1.165) is 10.9 Å². The maximum Gasteiger partial charge on any atom is 0.420 e. The lowest BCUT2D eigenvalue weighted by atomic mass is 10.2.